The molecule has 0 spiro atoms. The van der Waals surface area contributed by atoms with Crippen LogP contribution in [0.15, 0.2) is 24.3 Å². The minimum Gasteiger partial charge on any atom is -0.478 e. The summed E-state index contributed by atoms with van der Waals surface area (Å²) in [6.45, 7) is 7.59. The van der Waals surface area contributed by atoms with Gasteiger partial charge in [0.05, 0.1) is 0 Å². The topological polar surface area (TPSA) is 46.5 Å². The Labute approximate surface area is 102 Å². The van der Waals surface area contributed by atoms with Crippen LogP contribution in [0.2, 0.25) is 0 Å². The van der Waals surface area contributed by atoms with Crippen molar-refractivity contribution in [2.45, 2.75) is 45.6 Å². The molecule has 3 heteroatoms. The van der Waals surface area contributed by atoms with Gasteiger partial charge in [0, 0.05) is 0 Å². The Balaban J connectivity index is 2.94. The van der Waals surface area contributed by atoms with E-state index < -0.39 is 11.6 Å². The van der Waals surface area contributed by atoms with Gasteiger partial charge in [-0.1, -0.05) is 32.9 Å². The minimum atomic E-state index is -1.16. The first kappa shape index (κ1) is 13.6. The number of carboxylic acid groups (broad SMARTS) is 1. The molecule has 0 aliphatic rings. The van der Waals surface area contributed by atoms with E-state index in [1.54, 1.807) is 19.9 Å². The Morgan fingerprint density at radius 2 is 2.12 bits per heavy atom. The zero-order valence-corrected chi connectivity index (χ0v) is 10.9. The first-order chi connectivity index (χ1) is 7.89. The van der Waals surface area contributed by atoms with Gasteiger partial charge in [0.1, 0.15) is 5.75 Å². The third-order valence-corrected chi connectivity index (χ3v) is 2.99. The Morgan fingerprint density at radius 1 is 1.47 bits per heavy atom. The smallest absolute Gasteiger partial charge is 0.347 e. The molecule has 0 fully saturated rings. The second-order valence-electron chi connectivity index (χ2n) is 4.72. The molecule has 0 aromatic heterocycles. The number of rotatable bonds is 5. The first-order valence-electron chi connectivity index (χ1n) is 5.91. The van der Waals surface area contributed by atoms with Crippen LogP contribution >= 0.6 is 0 Å². The van der Waals surface area contributed by atoms with Gasteiger partial charge in [-0.3, -0.25) is 0 Å². The van der Waals surface area contributed by atoms with E-state index in [2.05, 4.69) is 13.8 Å². The number of carboxylic acids is 1. The van der Waals surface area contributed by atoms with Crippen LogP contribution in [-0.2, 0) is 4.79 Å². The Hall–Kier alpha value is -1.51. The molecule has 0 heterocycles. The lowest BCUT2D eigenvalue weighted by Crippen LogP contribution is -2.40. The van der Waals surface area contributed by atoms with Crippen molar-refractivity contribution >= 4 is 5.97 Å². The maximum Gasteiger partial charge on any atom is 0.347 e. The van der Waals surface area contributed by atoms with E-state index in [-0.39, 0.29) is 0 Å². The van der Waals surface area contributed by atoms with Crippen LogP contribution in [0.4, 0.5) is 0 Å². The molecule has 0 bridgehead atoms. The van der Waals surface area contributed by atoms with Crippen molar-refractivity contribution in [1.82, 2.24) is 0 Å². The number of ether oxygens (including phenoxy) is 1. The van der Waals surface area contributed by atoms with Gasteiger partial charge in [0.25, 0.3) is 0 Å². The summed E-state index contributed by atoms with van der Waals surface area (Å²) in [5.41, 5.74) is -0.0124. The van der Waals surface area contributed by atoms with Crippen LogP contribution in [0, 0.1) is 0 Å². The van der Waals surface area contributed by atoms with Crippen molar-refractivity contribution in [2.24, 2.45) is 0 Å². The SMILES string of the molecule is CCC(C)(Oc1cccc(C(C)C)c1)C(=O)O. The quantitative estimate of drug-likeness (QED) is 0.851. The molecule has 1 aromatic carbocycles. The van der Waals surface area contributed by atoms with Crippen molar-refractivity contribution in [2.75, 3.05) is 0 Å². The summed E-state index contributed by atoms with van der Waals surface area (Å²) < 4.78 is 5.60. The predicted molar refractivity (Wildman–Crippen MR) is 67.5 cm³/mol. The Bertz CT molecular complexity index is 398. The van der Waals surface area contributed by atoms with E-state index in [1.165, 1.54) is 0 Å². The fourth-order valence-corrected chi connectivity index (χ4v) is 1.46. The maximum absolute atomic E-state index is 11.2. The Morgan fingerprint density at radius 3 is 2.59 bits per heavy atom. The van der Waals surface area contributed by atoms with E-state index in [1.807, 2.05) is 18.2 Å². The molecule has 1 unspecified atom stereocenters. The van der Waals surface area contributed by atoms with Crippen LogP contribution in [0.1, 0.15) is 45.6 Å². The van der Waals surface area contributed by atoms with Crippen LogP contribution in [-0.4, -0.2) is 16.7 Å². The lowest BCUT2D eigenvalue weighted by atomic mass is 10.0. The van der Waals surface area contributed by atoms with Crippen molar-refractivity contribution < 1.29 is 14.6 Å². The number of hydrogen-bond acceptors (Lipinski definition) is 2. The molecule has 0 radical (unpaired) electrons. The fourth-order valence-electron chi connectivity index (χ4n) is 1.46. The normalized spacial score (nSPS) is 14.4. The molecule has 0 aliphatic heterocycles. The summed E-state index contributed by atoms with van der Waals surface area (Å²) in [6.07, 6.45) is 0.425. The van der Waals surface area contributed by atoms with Gasteiger partial charge in [-0.2, -0.15) is 0 Å². The van der Waals surface area contributed by atoms with E-state index in [4.69, 9.17) is 9.84 Å². The second kappa shape index (κ2) is 5.21. The van der Waals surface area contributed by atoms with Gasteiger partial charge in [-0.25, -0.2) is 4.79 Å². The summed E-state index contributed by atoms with van der Waals surface area (Å²) in [4.78, 5) is 11.2. The first-order valence-corrected chi connectivity index (χ1v) is 5.91. The van der Waals surface area contributed by atoms with Crippen molar-refractivity contribution in [3.05, 3.63) is 29.8 Å². The van der Waals surface area contributed by atoms with Crippen LogP contribution in [0.5, 0.6) is 5.75 Å². The lowest BCUT2D eigenvalue weighted by molar-refractivity contribution is -0.154. The van der Waals surface area contributed by atoms with Gasteiger partial charge in [0.15, 0.2) is 0 Å². The molecule has 1 rings (SSSR count). The highest BCUT2D eigenvalue weighted by Crippen LogP contribution is 2.25. The summed E-state index contributed by atoms with van der Waals surface area (Å²) in [7, 11) is 0. The van der Waals surface area contributed by atoms with Gasteiger partial charge in [-0.05, 0) is 37.0 Å². The third-order valence-electron chi connectivity index (χ3n) is 2.99. The minimum absolute atomic E-state index is 0.399. The van der Waals surface area contributed by atoms with Gasteiger partial charge in [0.2, 0.25) is 5.60 Å². The molecule has 3 nitrogen and oxygen atoms in total. The van der Waals surface area contributed by atoms with Crippen LogP contribution in [0.3, 0.4) is 0 Å². The average molecular weight is 236 g/mol. The molecule has 0 saturated heterocycles. The standard InChI is InChI=1S/C14H20O3/c1-5-14(4,13(15)16)17-12-8-6-7-11(9-12)10(2)3/h6-10H,5H2,1-4H3,(H,15,16). The molecular weight excluding hydrogens is 216 g/mol. The fraction of sp³-hybridized carbons (Fsp3) is 0.500. The lowest BCUT2D eigenvalue weighted by Gasteiger charge is -2.25. The summed E-state index contributed by atoms with van der Waals surface area (Å²) >= 11 is 0. The zero-order chi connectivity index (χ0) is 13.1. The van der Waals surface area contributed by atoms with E-state index in [9.17, 15) is 4.79 Å². The summed E-state index contributed by atoms with van der Waals surface area (Å²) in [6, 6.07) is 7.61. The second-order valence-corrected chi connectivity index (χ2v) is 4.72. The summed E-state index contributed by atoms with van der Waals surface area (Å²) in [5, 5.41) is 9.15. The van der Waals surface area contributed by atoms with Crippen molar-refractivity contribution in [3.8, 4) is 5.75 Å². The highest BCUT2D eigenvalue weighted by molar-refractivity contribution is 5.77. The van der Waals surface area contributed by atoms with Crippen molar-refractivity contribution in [3.63, 3.8) is 0 Å². The molecule has 1 N–H and O–H groups in total. The zero-order valence-electron chi connectivity index (χ0n) is 10.9. The van der Waals surface area contributed by atoms with Crippen LogP contribution < -0.4 is 4.74 Å². The molecule has 0 saturated carbocycles. The molecule has 1 aromatic rings. The van der Waals surface area contributed by atoms with Crippen molar-refractivity contribution in [1.29, 1.82) is 0 Å². The molecular formula is C14H20O3. The largest absolute Gasteiger partial charge is 0.478 e. The summed E-state index contributed by atoms with van der Waals surface area (Å²) in [5.74, 6) is 0.0779. The van der Waals surface area contributed by atoms with Gasteiger partial charge in [-0.15, -0.1) is 0 Å². The molecule has 0 amide bonds. The number of carbonyl (C=O) groups is 1. The molecule has 0 aliphatic carbocycles. The molecule has 94 valence electrons. The Kier molecular flexibility index (Phi) is 4.16. The highest BCUT2D eigenvalue weighted by Gasteiger charge is 2.33. The van der Waals surface area contributed by atoms with Gasteiger partial charge < -0.3 is 9.84 Å². The van der Waals surface area contributed by atoms with E-state index in [0.29, 0.717) is 18.1 Å². The number of benzene rings is 1. The average Bonchev–Trinajstić information content (AvgIpc) is 2.29. The van der Waals surface area contributed by atoms with Gasteiger partial charge >= 0.3 is 5.97 Å². The number of hydrogen-bond donors (Lipinski definition) is 1. The number of aliphatic carboxylic acids is 1. The van der Waals surface area contributed by atoms with E-state index in [0.717, 1.165) is 5.56 Å². The third kappa shape index (κ3) is 3.22. The highest BCUT2D eigenvalue weighted by atomic mass is 16.5. The van der Waals surface area contributed by atoms with E-state index >= 15 is 0 Å². The predicted octanol–water partition coefficient (Wildman–Crippen LogP) is 3.44. The maximum atomic E-state index is 11.2. The monoisotopic (exact) mass is 236 g/mol. The van der Waals surface area contributed by atoms with Crippen LogP contribution in [0.25, 0.3) is 0 Å². The molecule has 1 atom stereocenters. The molecule has 17 heavy (non-hydrogen) atoms.